The van der Waals surface area contributed by atoms with Crippen LogP contribution >= 0.6 is 68.1 Å². The molecule has 0 amide bonds. The van der Waals surface area contributed by atoms with Gasteiger partial charge in [0.1, 0.15) is 18.2 Å². The molecule has 0 radical (unpaired) electrons. The maximum absolute atomic E-state index is 14.0. The molecule has 0 spiro atoms. The minimum absolute atomic E-state index is 0.167. The van der Waals surface area contributed by atoms with E-state index in [0.29, 0.717) is 38.0 Å². The Balaban J connectivity index is 1.64. The van der Waals surface area contributed by atoms with Crippen molar-refractivity contribution >= 4 is 80.2 Å². The van der Waals surface area contributed by atoms with Gasteiger partial charge in [0.05, 0.1) is 32.0 Å². The Bertz CT molecular complexity index is 1850. The molecular formula is C30H22ClFI2N2O4S. The SMILES string of the molecule is CCOC(=O)C1=C(C)N=c2s/c(=C\c3cc(I)cc(I)c3OCc3ccc(Cl)cc3)c(=O)n2[C@@H]1c1ccc(F)cc1. The van der Waals surface area contributed by atoms with Gasteiger partial charge in [0.25, 0.3) is 5.56 Å². The second-order valence-electron chi connectivity index (χ2n) is 9.07. The van der Waals surface area contributed by atoms with Crippen molar-refractivity contribution < 1.29 is 18.7 Å². The highest BCUT2D eigenvalue weighted by molar-refractivity contribution is 14.1. The Morgan fingerprint density at radius 3 is 2.54 bits per heavy atom. The summed E-state index contributed by atoms with van der Waals surface area (Å²) in [5.74, 6) is -0.341. The van der Waals surface area contributed by atoms with Gasteiger partial charge in [-0.05, 0) is 113 Å². The summed E-state index contributed by atoms with van der Waals surface area (Å²) in [6.07, 6.45) is 1.79. The van der Waals surface area contributed by atoms with E-state index >= 15 is 0 Å². The molecule has 3 aromatic carbocycles. The summed E-state index contributed by atoms with van der Waals surface area (Å²) in [6, 6.07) is 16.3. The minimum atomic E-state index is -0.815. The largest absolute Gasteiger partial charge is 0.487 e. The number of thiazole rings is 1. The maximum Gasteiger partial charge on any atom is 0.338 e. The lowest BCUT2D eigenvalue weighted by Gasteiger charge is -2.24. The number of hydrogen-bond acceptors (Lipinski definition) is 6. The molecule has 1 atom stereocenters. The van der Waals surface area contributed by atoms with Crippen LogP contribution in [-0.4, -0.2) is 17.1 Å². The first kappa shape index (κ1) is 29.9. The lowest BCUT2D eigenvalue weighted by atomic mass is 9.96. The Morgan fingerprint density at radius 1 is 1.15 bits per heavy atom. The predicted octanol–water partition coefficient (Wildman–Crippen LogP) is 6.38. The average Bonchev–Trinajstić information content (AvgIpc) is 3.23. The first-order valence-corrected chi connectivity index (χ1v) is 15.8. The standard InChI is InChI=1S/C30H22ClFI2N2O4S/c1-3-39-29(38)25-16(2)35-30-36(26(25)18-6-10-21(32)11-7-18)28(37)24(41-30)13-19-12-22(33)14-23(34)27(19)40-15-17-4-8-20(31)9-5-17/h4-14,26H,3,15H2,1-2H3/b24-13-/t26-/m1/s1. The normalized spacial score (nSPS) is 15.0. The fraction of sp³-hybridized carbons (Fsp3) is 0.167. The molecular weight excluding hydrogens is 793 g/mol. The number of carbonyl (C=O) groups is 1. The highest BCUT2D eigenvalue weighted by atomic mass is 127. The maximum atomic E-state index is 14.0. The summed E-state index contributed by atoms with van der Waals surface area (Å²) in [5, 5.41) is 0.647. The zero-order valence-electron chi connectivity index (χ0n) is 21.8. The smallest absolute Gasteiger partial charge is 0.338 e. The van der Waals surface area contributed by atoms with Gasteiger partial charge in [-0.2, -0.15) is 0 Å². The van der Waals surface area contributed by atoms with Crippen LogP contribution in [0.15, 0.2) is 81.7 Å². The number of aromatic nitrogens is 1. The molecule has 0 unspecified atom stereocenters. The van der Waals surface area contributed by atoms with E-state index in [2.05, 4.69) is 50.2 Å². The van der Waals surface area contributed by atoms with E-state index in [1.165, 1.54) is 28.0 Å². The molecule has 1 aromatic heterocycles. The van der Waals surface area contributed by atoms with Crippen LogP contribution in [0, 0.1) is 13.0 Å². The summed E-state index contributed by atoms with van der Waals surface area (Å²) >= 11 is 11.7. The molecule has 0 saturated carbocycles. The number of carbonyl (C=O) groups excluding carboxylic acids is 1. The fourth-order valence-electron chi connectivity index (χ4n) is 4.47. The quantitative estimate of drug-likeness (QED) is 0.161. The predicted molar refractivity (Wildman–Crippen MR) is 174 cm³/mol. The van der Waals surface area contributed by atoms with Crippen LogP contribution in [0.1, 0.15) is 36.6 Å². The van der Waals surface area contributed by atoms with Crippen LogP contribution in [0.3, 0.4) is 0 Å². The van der Waals surface area contributed by atoms with E-state index in [-0.39, 0.29) is 17.7 Å². The molecule has 11 heteroatoms. The summed E-state index contributed by atoms with van der Waals surface area (Å²) in [4.78, 5) is 32.1. The van der Waals surface area contributed by atoms with Crippen LogP contribution in [0.5, 0.6) is 5.75 Å². The van der Waals surface area contributed by atoms with Gasteiger partial charge in [-0.3, -0.25) is 9.36 Å². The van der Waals surface area contributed by atoms with Crippen LogP contribution in [0.4, 0.5) is 4.39 Å². The highest BCUT2D eigenvalue weighted by Gasteiger charge is 2.33. The van der Waals surface area contributed by atoms with Gasteiger partial charge in [0, 0.05) is 14.2 Å². The Hall–Kier alpha value is -2.55. The van der Waals surface area contributed by atoms with Gasteiger partial charge in [-0.1, -0.05) is 47.2 Å². The number of hydrogen-bond donors (Lipinski definition) is 0. The van der Waals surface area contributed by atoms with Crippen molar-refractivity contribution in [2.24, 2.45) is 4.99 Å². The van der Waals surface area contributed by atoms with Crippen molar-refractivity contribution in [3.8, 4) is 5.75 Å². The van der Waals surface area contributed by atoms with E-state index in [4.69, 9.17) is 21.1 Å². The first-order chi connectivity index (χ1) is 19.7. The van der Waals surface area contributed by atoms with Crippen LogP contribution in [-0.2, 0) is 16.1 Å². The summed E-state index contributed by atoms with van der Waals surface area (Å²) in [5.41, 5.74) is 2.63. The number of fused-ring (bicyclic) bond motifs is 1. The van der Waals surface area contributed by atoms with Crippen molar-refractivity contribution in [2.45, 2.75) is 26.5 Å². The molecule has 6 nitrogen and oxygen atoms in total. The molecule has 0 bridgehead atoms. The molecule has 0 aliphatic carbocycles. The molecule has 0 N–H and O–H groups in total. The van der Waals surface area contributed by atoms with Gasteiger partial charge in [-0.25, -0.2) is 14.2 Å². The number of esters is 1. The van der Waals surface area contributed by atoms with Crippen molar-refractivity contribution in [2.75, 3.05) is 6.61 Å². The second-order valence-corrected chi connectivity index (χ2v) is 12.9. The van der Waals surface area contributed by atoms with Crippen molar-refractivity contribution in [1.82, 2.24) is 4.57 Å². The van der Waals surface area contributed by atoms with Gasteiger partial charge >= 0.3 is 5.97 Å². The van der Waals surface area contributed by atoms with Crippen molar-refractivity contribution in [3.63, 3.8) is 0 Å². The monoisotopic (exact) mass is 814 g/mol. The van der Waals surface area contributed by atoms with E-state index in [0.717, 1.165) is 18.3 Å². The number of nitrogens with zero attached hydrogens (tertiary/aromatic N) is 2. The fourth-order valence-corrected chi connectivity index (χ4v) is 7.68. The van der Waals surface area contributed by atoms with Crippen molar-refractivity contribution in [3.05, 3.63) is 126 Å². The molecule has 1 aliphatic heterocycles. The van der Waals surface area contributed by atoms with E-state index in [1.54, 1.807) is 32.1 Å². The van der Waals surface area contributed by atoms with Gasteiger partial charge in [-0.15, -0.1) is 0 Å². The van der Waals surface area contributed by atoms with Crippen molar-refractivity contribution in [1.29, 1.82) is 0 Å². The zero-order chi connectivity index (χ0) is 29.3. The zero-order valence-corrected chi connectivity index (χ0v) is 27.7. The molecule has 5 rings (SSSR count). The van der Waals surface area contributed by atoms with Crippen LogP contribution in [0.2, 0.25) is 5.02 Å². The summed E-state index contributed by atoms with van der Waals surface area (Å²) in [6.45, 7) is 3.92. The van der Waals surface area contributed by atoms with Gasteiger partial charge in [0.2, 0.25) is 0 Å². The second kappa shape index (κ2) is 12.8. The topological polar surface area (TPSA) is 69.9 Å². The molecule has 4 aromatic rings. The lowest BCUT2D eigenvalue weighted by Crippen LogP contribution is -2.39. The van der Waals surface area contributed by atoms with E-state index < -0.39 is 17.8 Å². The molecule has 0 saturated heterocycles. The number of benzene rings is 3. The van der Waals surface area contributed by atoms with Crippen LogP contribution in [0.25, 0.3) is 6.08 Å². The van der Waals surface area contributed by atoms with E-state index in [1.807, 2.05) is 36.4 Å². The molecule has 41 heavy (non-hydrogen) atoms. The molecule has 210 valence electrons. The molecule has 0 fully saturated rings. The molecule has 2 heterocycles. The first-order valence-electron chi connectivity index (χ1n) is 12.5. The Kier molecular flexibility index (Phi) is 9.31. The van der Waals surface area contributed by atoms with Gasteiger partial charge in [0.15, 0.2) is 4.80 Å². The number of ether oxygens (including phenoxy) is 2. The number of rotatable bonds is 7. The Labute approximate surface area is 271 Å². The average molecular weight is 815 g/mol. The van der Waals surface area contributed by atoms with E-state index in [9.17, 15) is 14.0 Å². The van der Waals surface area contributed by atoms with Crippen LogP contribution < -0.4 is 19.6 Å². The van der Waals surface area contributed by atoms with Gasteiger partial charge < -0.3 is 9.47 Å². The summed E-state index contributed by atoms with van der Waals surface area (Å²) < 4.78 is 29.1. The Morgan fingerprint density at radius 2 is 1.85 bits per heavy atom. The number of halogens is 4. The molecule has 1 aliphatic rings. The number of allylic oxidation sites excluding steroid dienone is 1. The third-order valence-corrected chi connectivity index (χ3v) is 8.98. The highest BCUT2D eigenvalue weighted by Crippen LogP contribution is 2.32. The third-order valence-electron chi connectivity index (χ3n) is 6.32. The third kappa shape index (κ3) is 6.45. The lowest BCUT2D eigenvalue weighted by molar-refractivity contribution is -0.139. The minimum Gasteiger partial charge on any atom is -0.487 e. The summed E-state index contributed by atoms with van der Waals surface area (Å²) in [7, 11) is 0.